The fourth-order valence-corrected chi connectivity index (χ4v) is 2.74. The zero-order chi connectivity index (χ0) is 18.4. The van der Waals surface area contributed by atoms with Crippen LogP contribution in [0.1, 0.15) is 27.4 Å². The number of carbonyl (C=O) groups excluding carboxylic acids is 1. The summed E-state index contributed by atoms with van der Waals surface area (Å²) >= 11 is 0. The predicted octanol–water partition coefficient (Wildman–Crippen LogP) is 2.97. The Kier molecular flexibility index (Phi) is 5.76. The second kappa shape index (κ2) is 8.40. The Balaban J connectivity index is 1.57. The quantitative estimate of drug-likeness (QED) is 0.655. The van der Waals surface area contributed by atoms with E-state index < -0.39 is 0 Å². The van der Waals surface area contributed by atoms with Gasteiger partial charge in [0.05, 0.1) is 6.54 Å². The summed E-state index contributed by atoms with van der Waals surface area (Å²) in [6, 6.07) is 15.7. The maximum absolute atomic E-state index is 12.5. The Morgan fingerprint density at radius 2 is 1.77 bits per heavy atom. The monoisotopic (exact) mass is 350 g/mol. The number of pyridine rings is 1. The number of carbonyl (C=O) groups is 1. The Morgan fingerprint density at radius 3 is 2.50 bits per heavy atom. The third kappa shape index (κ3) is 4.77. The molecule has 0 atom stereocenters. The van der Waals surface area contributed by atoms with Crippen molar-refractivity contribution in [3.63, 3.8) is 0 Å². The van der Waals surface area contributed by atoms with Crippen molar-refractivity contribution in [3.05, 3.63) is 83.5 Å². The molecule has 1 aromatic carbocycles. The fraction of sp³-hybridized carbons (Fsp3) is 0.250. The number of rotatable bonds is 7. The third-order valence-corrected chi connectivity index (χ3v) is 3.99. The molecular formula is C20H22N4O2. The molecule has 0 spiro atoms. The van der Waals surface area contributed by atoms with Crippen molar-refractivity contribution in [2.24, 2.45) is 0 Å². The number of hydrogen-bond acceptors (Lipinski definition) is 5. The molecule has 26 heavy (non-hydrogen) atoms. The Bertz CT molecular complexity index is 833. The van der Waals surface area contributed by atoms with Crippen LogP contribution in [0.15, 0.2) is 65.4 Å². The van der Waals surface area contributed by atoms with E-state index in [2.05, 4.69) is 27.2 Å². The van der Waals surface area contributed by atoms with Crippen LogP contribution in [0.2, 0.25) is 0 Å². The maximum atomic E-state index is 12.5. The maximum Gasteiger partial charge on any atom is 0.276 e. The second-order valence-electron chi connectivity index (χ2n) is 6.36. The lowest BCUT2D eigenvalue weighted by molar-refractivity contribution is 0.0774. The molecule has 0 radical (unpaired) electrons. The third-order valence-electron chi connectivity index (χ3n) is 3.99. The van der Waals surface area contributed by atoms with Crippen LogP contribution >= 0.6 is 0 Å². The molecule has 0 bridgehead atoms. The van der Waals surface area contributed by atoms with Gasteiger partial charge in [0.15, 0.2) is 11.5 Å². The highest BCUT2D eigenvalue weighted by molar-refractivity contribution is 5.92. The second-order valence-corrected chi connectivity index (χ2v) is 6.36. The molecule has 0 unspecified atom stereocenters. The number of hydrogen-bond donors (Lipinski definition) is 0. The number of nitrogens with zero attached hydrogens (tertiary/aromatic N) is 4. The SMILES string of the molecule is CN(Cc1ccccc1)Cc1cc(C(=O)N(C)Cc2cccnc2)no1. The first-order chi connectivity index (χ1) is 12.6. The Hall–Kier alpha value is -2.99. The molecule has 0 aliphatic heterocycles. The average Bonchev–Trinajstić information content (AvgIpc) is 3.11. The molecule has 2 aromatic heterocycles. The standard InChI is InChI=1S/C20H22N4O2/c1-23(13-16-7-4-3-5-8-16)15-18-11-19(22-26-18)20(25)24(2)14-17-9-6-10-21-12-17/h3-12H,13-15H2,1-2H3. The summed E-state index contributed by atoms with van der Waals surface area (Å²) < 4.78 is 5.34. The van der Waals surface area contributed by atoms with E-state index in [-0.39, 0.29) is 5.91 Å². The lowest BCUT2D eigenvalue weighted by Gasteiger charge is -2.15. The van der Waals surface area contributed by atoms with Gasteiger partial charge in [0.25, 0.3) is 5.91 Å². The normalized spacial score (nSPS) is 10.9. The molecule has 6 nitrogen and oxygen atoms in total. The lowest BCUT2D eigenvalue weighted by atomic mass is 10.2. The number of amides is 1. The van der Waals surface area contributed by atoms with Crippen molar-refractivity contribution < 1.29 is 9.32 Å². The zero-order valence-corrected chi connectivity index (χ0v) is 15.0. The smallest absolute Gasteiger partial charge is 0.276 e. The van der Waals surface area contributed by atoms with E-state index in [1.54, 1.807) is 30.4 Å². The van der Waals surface area contributed by atoms with E-state index in [1.165, 1.54) is 5.56 Å². The first kappa shape index (κ1) is 17.8. The first-order valence-corrected chi connectivity index (χ1v) is 8.44. The van der Waals surface area contributed by atoms with Gasteiger partial charge in [-0.05, 0) is 24.2 Å². The molecule has 6 heteroatoms. The average molecular weight is 350 g/mol. The predicted molar refractivity (Wildman–Crippen MR) is 98.2 cm³/mol. The summed E-state index contributed by atoms with van der Waals surface area (Å²) in [5.74, 6) is 0.496. The van der Waals surface area contributed by atoms with Crippen LogP contribution < -0.4 is 0 Å². The molecule has 134 valence electrons. The van der Waals surface area contributed by atoms with Gasteiger partial charge in [-0.3, -0.25) is 14.7 Å². The summed E-state index contributed by atoms with van der Waals surface area (Å²) in [6.45, 7) is 1.86. The van der Waals surface area contributed by atoms with Crippen LogP contribution in [0, 0.1) is 0 Å². The Morgan fingerprint density at radius 1 is 1.00 bits per heavy atom. The van der Waals surface area contributed by atoms with Crippen molar-refractivity contribution >= 4 is 5.91 Å². The van der Waals surface area contributed by atoms with Crippen molar-refractivity contribution in [2.45, 2.75) is 19.6 Å². The van der Waals surface area contributed by atoms with Gasteiger partial charge in [-0.15, -0.1) is 0 Å². The summed E-state index contributed by atoms with van der Waals surface area (Å²) in [6.07, 6.45) is 3.46. The van der Waals surface area contributed by atoms with Crippen molar-refractivity contribution in [2.75, 3.05) is 14.1 Å². The summed E-state index contributed by atoms with van der Waals surface area (Å²) in [5.41, 5.74) is 2.51. The summed E-state index contributed by atoms with van der Waals surface area (Å²) in [7, 11) is 3.75. The molecular weight excluding hydrogens is 328 g/mol. The highest BCUT2D eigenvalue weighted by Crippen LogP contribution is 2.12. The van der Waals surface area contributed by atoms with Crippen LogP contribution in [-0.2, 0) is 19.6 Å². The van der Waals surface area contributed by atoms with Gasteiger partial charge in [-0.1, -0.05) is 41.6 Å². The van der Waals surface area contributed by atoms with E-state index in [1.807, 2.05) is 37.4 Å². The van der Waals surface area contributed by atoms with Gasteiger partial charge in [0.1, 0.15) is 0 Å². The van der Waals surface area contributed by atoms with Gasteiger partial charge in [0.2, 0.25) is 0 Å². The number of aromatic nitrogens is 2. The molecule has 3 aromatic rings. The largest absolute Gasteiger partial charge is 0.359 e. The minimum atomic E-state index is -0.172. The van der Waals surface area contributed by atoms with E-state index >= 15 is 0 Å². The topological polar surface area (TPSA) is 62.5 Å². The summed E-state index contributed by atoms with van der Waals surface area (Å²) in [5, 5.41) is 3.93. The summed E-state index contributed by atoms with van der Waals surface area (Å²) in [4.78, 5) is 20.3. The highest BCUT2D eigenvalue weighted by Gasteiger charge is 2.18. The molecule has 0 saturated carbocycles. The van der Waals surface area contributed by atoms with Gasteiger partial charge in [-0.25, -0.2) is 0 Å². The van der Waals surface area contributed by atoms with Gasteiger partial charge < -0.3 is 9.42 Å². The molecule has 0 N–H and O–H groups in total. The van der Waals surface area contributed by atoms with Crippen LogP contribution in [0.4, 0.5) is 0 Å². The van der Waals surface area contributed by atoms with Crippen LogP contribution in [0.25, 0.3) is 0 Å². The molecule has 0 aliphatic rings. The van der Waals surface area contributed by atoms with Crippen molar-refractivity contribution in [1.29, 1.82) is 0 Å². The van der Waals surface area contributed by atoms with E-state index in [9.17, 15) is 4.79 Å². The van der Waals surface area contributed by atoms with Gasteiger partial charge in [0, 0.05) is 38.6 Å². The molecule has 0 aliphatic carbocycles. The van der Waals surface area contributed by atoms with E-state index in [4.69, 9.17) is 4.52 Å². The number of benzene rings is 1. The van der Waals surface area contributed by atoms with E-state index in [0.29, 0.717) is 24.5 Å². The molecule has 0 saturated heterocycles. The van der Waals surface area contributed by atoms with Crippen LogP contribution in [0.3, 0.4) is 0 Å². The lowest BCUT2D eigenvalue weighted by Crippen LogP contribution is -2.26. The van der Waals surface area contributed by atoms with Crippen molar-refractivity contribution in [1.82, 2.24) is 19.9 Å². The van der Waals surface area contributed by atoms with Gasteiger partial charge >= 0.3 is 0 Å². The zero-order valence-electron chi connectivity index (χ0n) is 15.0. The van der Waals surface area contributed by atoms with Crippen molar-refractivity contribution in [3.8, 4) is 0 Å². The molecule has 0 fully saturated rings. The minimum absolute atomic E-state index is 0.172. The van der Waals surface area contributed by atoms with Crippen LogP contribution in [0.5, 0.6) is 0 Å². The Labute approximate surface area is 153 Å². The van der Waals surface area contributed by atoms with Gasteiger partial charge in [-0.2, -0.15) is 0 Å². The fourth-order valence-electron chi connectivity index (χ4n) is 2.74. The minimum Gasteiger partial charge on any atom is -0.359 e. The highest BCUT2D eigenvalue weighted by atomic mass is 16.5. The molecule has 3 rings (SSSR count). The van der Waals surface area contributed by atoms with Crippen LogP contribution in [-0.4, -0.2) is 39.9 Å². The molecule has 1 amide bonds. The molecule has 2 heterocycles. The first-order valence-electron chi connectivity index (χ1n) is 8.44. The van der Waals surface area contributed by atoms with E-state index in [0.717, 1.165) is 12.1 Å².